The fourth-order valence-electron chi connectivity index (χ4n) is 2.87. The average Bonchev–Trinajstić information content (AvgIpc) is 3.24. The number of rotatable bonds is 4. The maximum Gasteiger partial charge on any atom is 0.416 e. The zero-order chi connectivity index (χ0) is 18.1. The molecule has 0 spiro atoms. The predicted molar refractivity (Wildman–Crippen MR) is 85.9 cm³/mol. The first-order valence-corrected chi connectivity index (χ1v) is 8.03. The average molecular weight is 361 g/mol. The topological polar surface area (TPSA) is 81.4 Å². The Kier molecular flexibility index (Phi) is 4.02. The van der Waals surface area contributed by atoms with E-state index >= 15 is 0 Å². The van der Waals surface area contributed by atoms with Gasteiger partial charge in [-0.2, -0.15) is 18.3 Å². The highest BCUT2D eigenvalue weighted by Gasteiger charge is 2.30. The number of nitrogens with zero attached hydrogens (tertiary/aromatic N) is 6. The lowest BCUT2D eigenvalue weighted by Crippen LogP contribution is -2.10. The van der Waals surface area contributed by atoms with Gasteiger partial charge in [0.05, 0.1) is 24.0 Å². The normalized spacial score (nSPS) is 13.7. The molecule has 1 aliphatic rings. The molecule has 7 nitrogen and oxygen atoms in total. The summed E-state index contributed by atoms with van der Waals surface area (Å²) in [6, 6.07) is 4.95. The fourth-order valence-corrected chi connectivity index (χ4v) is 2.87. The molecule has 10 heteroatoms. The van der Waals surface area contributed by atoms with E-state index in [0.29, 0.717) is 17.8 Å². The van der Waals surface area contributed by atoms with Gasteiger partial charge in [-0.3, -0.25) is 0 Å². The molecule has 0 saturated heterocycles. The van der Waals surface area contributed by atoms with E-state index < -0.39 is 11.7 Å². The monoisotopic (exact) mass is 361 g/mol. The summed E-state index contributed by atoms with van der Waals surface area (Å²) in [5.41, 5.74) is -0.108. The fraction of sp³-hybridized carbons (Fsp3) is 0.312. The highest BCUT2D eigenvalue weighted by Crippen LogP contribution is 2.31. The molecule has 0 fully saturated rings. The number of aromatic nitrogens is 6. The molecule has 0 aliphatic carbocycles. The molecule has 4 rings (SSSR count). The van der Waals surface area contributed by atoms with E-state index in [9.17, 15) is 13.2 Å². The summed E-state index contributed by atoms with van der Waals surface area (Å²) in [5.74, 6) is 1.94. The van der Waals surface area contributed by atoms with Crippen LogP contribution in [-0.4, -0.2) is 29.9 Å². The molecule has 0 radical (unpaired) electrons. The number of hydrogen-bond donors (Lipinski definition) is 1. The van der Waals surface area contributed by atoms with E-state index in [1.165, 1.54) is 12.3 Å². The van der Waals surface area contributed by atoms with Gasteiger partial charge >= 0.3 is 6.18 Å². The van der Waals surface area contributed by atoms with Crippen molar-refractivity contribution in [3.8, 4) is 11.3 Å². The lowest BCUT2D eigenvalue weighted by Gasteiger charge is -2.09. The van der Waals surface area contributed by atoms with E-state index in [2.05, 4.69) is 30.7 Å². The molecular weight excluding hydrogens is 347 g/mol. The van der Waals surface area contributed by atoms with Gasteiger partial charge in [0, 0.05) is 18.5 Å². The van der Waals surface area contributed by atoms with Crippen LogP contribution in [0.15, 0.2) is 30.5 Å². The van der Waals surface area contributed by atoms with Gasteiger partial charge in [0.2, 0.25) is 5.95 Å². The molecule has 1 N–H and O–H groups in total. The molecule has 3 heterocycles. The Morgan fingerprint density at radius 1 is 1.15 bits per heavy atom. The Morgan fingerprint density at radius 2 is 2.04 bits per heavy atom. The van der Waals surface area contributed by atoms with Crippen molar-refractivity contribution in [2.45, 2.75) is 32.1 Å². The lowest BCUT2D eigenvalue weighted by atomic mass is 10.1. The quantitative estimate of drug-likeness (QED) is 0.770. The first-order valence-electron chi connectivity index (χ1n) is 8.03. The molecule has 0 atom stereocenters. The van der Waals surface area contributed by atoms with Crippen molar-refractivity contribution < 1.29 is 13.2 Å². The molecule has 0 unspecified atom stereocenters. The first kappa shape index (κ1) is 16.4. The third-order valence-electron chi connectivity index (χ3n) is 4.14. The second kappa shape index (κ2) is 6.36. The standard InChI is InChI=1S/C16H14F3N7/c17-16(18,19)11-4-1-3-10(7-11)12-8-21-25-15(22-12)20-9-14-24-23-13-5-2-6-26(13)14/h1,3-4,7-8H,2,5-6,9H2,(H,20,22,25). The van der Waals surface area contributed by atoms with Gasteiger partial charge in [0.25, 0.3) is 0 Å². The lowest BCUT2D eigenvalue weighted by molar-refractivity contribution is -0.137. The number of anilines is 1. The summed E-state index contributed by atoms with van der Waals surface area (Å²) in [6.07, 6.45) is -1.13. The molecule has 26 heavy (non-hydrogen) atoms. The summed E-state index contributed by atoms with van der Waals surface area (Å²) in [4.78, 5) is 4.25. The minimum absolute atomic E-state index is 0.218. The van der Waals surface area contributed by atoms with Crippen LogP contribution in [0.1, 0.15) is 23.6 Å². The zero-order valence-electron chi connectivity index (χ0n) is 13.5. The van der Waals surface area contributed by atoms with Gasteiger partial charge in [-0.15, -0.1) is 15.3 Å². The van der Waals surface area contributed by atoms with Crippen molar-refractivity contribution in [3.63, 3.8) is 0 Å². The van der Waals surface area contributed by atoms with Crippen LogP contribution < -0.4 is 5.32 Å². The highest BCUT2D eigenvalue weighted by atomic mass is 19.4. The molecule has 1 aliphatic heterocycles. The van der Waals surface area contributed by atoms with Gasteiger partial charge in [0.1, 0.15) is 5.82 Å². The van der Waals surface area contributed by atoms with E-state index in [0.717, 1.165) is 43.2 Å². The summed E-state index contributed by atoms with van der Waals surface area (Å²) < 4.78 is 40.7. The van der Waals surface area contributed by atoms with Crippen molar-refractivity contribution in [1.29, 1.82) is 0 Å². The summed E-state index contributed by atoms with van der Waals surface area (Å²) in [5, 5.41) is 18.9. The molecule has 134 valence electrons. The van der Waals surface area contributed by atoms with Crippen LogP contribution in [0, 0.1) is 0 Å². The van der Waals surface area contributed by atoms with Crippen molar-refractivity contribution in [2.24, 2.45) is 0 Å². The summed E-state index contributed by atoms with van der Waals surface area (Å²) in [6.45, 7) is 1.24. The molecular formula is C16H14F3N7. The number of aryl methyl sites for hydroxylation is 1. The number of hydrogen-bond acceptors (Lipinski definition) is 6. The van der Waals surface area contributed by atoms with Crippen LogP contribution in [0.4, 0.5) is 19.1 Å². The van der Waals surface area contributed by atoms with Crippen molar-refractivity contribution in [1.82, 2.24) is 29.9 Å². The molecule has 2 aromatic heterocycles. The zero-order valence-corrected chi connectivity index (χ0v) is 13.5. The Morgan fingerprint density at radius 3 is 2.88 bits per heavy atom. The smallest absolute Gasteiger partial charge is 0.346 e. The number of nitrogens with one attached hydrogen (secondary N) is 1. The second-order valence-electron chi connectivity index (χ2n) is 5.88. The number of benzene rings is 1. The van der Waals surface area contributed by atoms with E-state index in [1.54, 1.807) is 6.07 Å². The third-order valence-corrected chi connectivity index (χ3v) is 4.14. The van der Waals surface area contributed by atoms with Gasteiger partial charge in [0.15, 0.2) is 5.82 Å². The minimum atomic E-state index is -4.41. The number of fused-ring (bicyclic) bond motifs is 1. The largest absolute Gasteiger partial charge is 0.416 e. The van der Waals surface area contributed by atoms with Gasteiger partial charge in [-0.1, -0.05) is 12.1 Å². The molecule has 3 aromatic rings. The van der Waals surface area contributed by atoms with Crippen molar-refractivity contribution in [3.05, 3.63) is 47.7 Å². The van der Waals surface area contributed by atoms with E-state index in [-0.39, 0.29) is 5.95 Å². The van der Waals surface area contributed by atoms with Crippen LogP contribution in [0.5, 0.6) is 0 Å². The third kappa shape index (κ3) is 3.22. The van der Waals surface area contributed by atoms with E-state index in [4.69, 9.17) is 0 Å². The van der Waals surface area contributed by atoms with Gasteiger partial charge < -0.3 is 9.88 Å². The first-order chi connectivity index (χ1) is 12.5. The maximum atomic E-state index is 12.9. The minimum Gasteiger partial charge on any atom is -0.346 e. The molecule has 0 bridgehead atoms. The van der Waals surface area contributed by atoms with Crippen LogP contribution >= 0.6 is 0 Å². The SMILES string of the molecule is FC(F)(F)c1cccc(-c2cnnc(NCc3nnc4n3CCC4)n2)c1. The van der Waals surface area contributed by atoms with Crippen LogP contribution in [0.3, 0.4) is 0 Å². The second-order valence-corrected chi connectivity index (χ2v) is 5.88. The maximum absolute atomic E-state index is 12.9. The Hall–Kier alpha value is -3.04. The van der Waals surface area contributed by atoms with Crippen LogP contribution in [0.25, 0.3) is 11.3 Å². The Bertz CT molecular complexity index is 936. The van der Waals surface area contributed by atoms with Crippen LogP contribution in [0.2, 0.25) is 0 Å². The molecule has 0 amide bonds. The molecule has 0 saturated carbocycles. The number of halogens is 3. The summed E-state index contributed by atoms with van der Waals surface area (Å²) in [7, 11) is 0. The van der Waals surface area contributed by atoms with Gasteiger partial charge in [-0.25, -0.2) is 4.98 Å². The Balaban J connectivity index is 1.53. The van der Waals surface area contributed by atoms with Crippen LogP contribution in [-0.2, 0) is 25.7 Å². The number of alkyl halides is 3. The summed E-state index contributed by atoms with van der Waals surface area (Å²) >= 11 is 0. The molecule has 1 aromatic carbocycles. The van der Waals surface area contributed by atoms with Crippen molar-refractivity contribution in [2.75, 3.05) is 5.32 Å². The predicted octanol–water partition coefficient (Wildman–Crippen LogP) is 2.71. The Labute approximate surface area is 146 Å². The highest BCUT2D eigenvalue weighted by molar-refractivity contribution is 5.60. The van der Waals surface area contributed by atoms with E-state index in [1.807, 2.05) is 4.57 Å². The van der Waals surface area contributed by atoms with Gasteiger partial charge in [-0.05, 0) is 18.6 Å². The van der Waals surface area contributed by atoms with Crippen molar-refractivity contribution >= 4 is 5.95 Å².